The van der Waals surface area contributed by atoms with Gasteiger partial charge in [0, 0.05) is 30.2 Å². The Morgan fingerprint density at radius 2 is 1.83 bits per heavy atom. The normalized spacial score (nSPS) is 14.2. The van der Waals surface area contributed by atoms with Crippen LogP contribution >= 0.6 is 11.3 Å². The molecule has 8 nitrogen and oxygen atoms in total. The van der Waals surface area contributed by atoms with Crippen LogP contribution in [0.15, 0.2) is 36.4 Å². The van der Waals surface area contributed by atoms with Gasteiger partial charge in [0.15, 0.2) is 6.61 Å². The third-order valence-corrected chi connectivity index (χ3v) is 5.47. The molecule has 0 bridgehead atoms. The molecule has 1 aromatic carbocycles. The van der Waals surface area contributed by atoms with Gasteiger partial charge in [-0.15, -0.1) is 11.3 Å². The summed E-state index contributed by atoms with van der Waals surface area (Å²) in [5.41, 5.74) is 1.78. The van der Waals surface area contributed by atoms with Crippen LogP contribution in [0.5, 0.6) is 0 Å². The van der Waals surface area contributed by atoms with Gasteiger partial charge in [-0.25, -0.2) is 0 Å². The van der Waals surface area contributed by atoms with Crippen LogP contribution in [0.2, 0.25) is 0 Å². The first-order valence-electron chi connectivity index (χ1n) is 9.69. The molecule has 1 fully saturated rings. The number of carbonyl (C=O) groups excluding carboxylic acids is 3. The Labute approximate surface area is 179 Å². The molecular weight excluding hydrogens is 406 g/mol. The Balaban J connectivity index is 1.35. The number of morpholine rings is 1. The third-order valence-electron chi connectivity index (χ3n) is 4.47. The summed E-state index contributed by atoms with van der Waals surface area (Å²) >= 11 is 1.34. The summed E-state index contributed by atoms with van der Waals surface area (Å²) in [4.78, 5) is 39.5. The molecule has 2 aromatic rings. The third kappa shape index (κ3) is 6.94. The second-order valence-electron chi connectivity index (χ2n) is 6.89. The van der Waals surface area contributed by atoms with Crippen LogP contribution in [0.3, 0.4) is 0 Å². The van der Waals surface area contributed by atoms with E-state index in [9.17, 15) is 14.4 Å². The fourth-order valence-corrected chi connectivity index (χ4v) is 3.69. The maximum absolute atomic E-state index is 12.0. The first-order chi connectivity index (χ1) is 14.5. The molecule has 0 aliphatic carbocycles. The number of amides is 2. The largest absolute Gasteiger partial charge is 0.454 e. The standard InChI is InChI=1S/C21H25N3O5S/c1-15-2-7-18(30-15)21(27)22-12-20(26)29-14-19(25)23-17-5-3-16(4-6-17)13-24-8-10-28-11-9-24/h2-7H,8-14H2,1H3,(H,22,27)(H,23,25). The number of nitrogens with zero attached hydrogens (tertiary/aromatic N) is 1. The van der Waals surface area contributed by atoms with Crippen molar-refractivity contribution in [3.05, 3.63) is 51.7 Å². The number of thiophene rings is 1. The van der Waals surface area contributed by atoms with Crippen molar-refractivity contribution in [2.24, 2.45) is 0 Å². The monoisotopic (exact) mass is 431 g/mol. The predicted octanol–water partition coefficient (Wildman–Crippen LogP) is 1.80. The zero-order valence-electron chi connectivity index (χ0n) is 16.8. The molecule has 0 spiro atoms. The lowest BCUT2D eigenvalue weighted by molar-refractivity contribution is -0.146. The van der Waals surface area contributed by atoms with Crippen LogP contribution in [-0.2, 0) is 25.6 Å². The molecule has 2 N–H and O–H groups in total. The smallest absolute Gasteiger partial charge is 0.325 e. The summed E-state index contributed by atoms with van der Waals surface area (Å²) in [6, 6.07) is 11.1. The van der Waals surface area contributed by atoms with Gasteiger partial charge in [0.2, 0.25) is 0 Å². The van der Waals surface area contributed by atoms with E-state index in [4.69, 9.17) is 9.47 Å². The lowest BCUT2D eigenvalue weighted by atomic mass is 10.2. The van der Waals surface area contributed by atoms with Crippen molar-refractivity contribution < 1.29 is 23.9 Å². The maximum atomic E-state index is 12.0. The van der Waals surface area contributed by atoms with E-state index in [1.807, 2.05) is 37.3 Å². The number of hydrogen-bond donors (Lipinski definition) is 2. The Kier molecular flexibility index (Phi) is 7.95. The summed E-state index contributed by atoms with van der Waals surface area (Å²) in [6.07, 6.45) is 0. The molecule has 9 heteroatoms. The fourth-order valence-electron chi connectivity index (χ4n) is 2.90. The van der Waals surface area contributed by atoms with Gasteiger partial charge in [-0.05, 0) is 36.8 Å². The minimum atomic E-state index is -0.673. The van der Waals surface area contributed by atoms with Gasteiger partial charge in [0.05, 0.1) is 18.1 Å². The molecule has 1 aliphatic heterocycles. The van der Waals surface area contributed by atoms with E-state index in [-0.39, 0.29) is 12.5 Å². The molecule has 1 saturated heterocycles. The van der Waals surface area contributed by atoms with E-state index in [2.05, 4.69) is 15.5 Å². The molecule has 3 rings (SSSR count). The van der Waals surface area contributed by atoms with E-state index in [1.54, 1.807) is 6.07 Å². The predicted molar refractivity (Wildman–Crippen MR) is 114 cm³/mol. The van der Waals surface area contributed by atoms with Gasteiger partial charge in [0.1, 0.15) is 6.54 Å². The molecule has 1 aromatic heterocycles. The van der Waals surface area contributed by atoms with Crippen molar-refractivity contribution in [2.75, 3.05) is 44.8 Å². The Hall–Kier alpha value is -2.75. The molecule has 0 radical (unpaired) electrons. The van der Waals surface area contributed by atoms with Gasteiger partial charge < -0.3 is 20.1 Å². The van der Waals surface area contributed by atoms with Crippen molar-refractivity contribution in [3.63, 3.8) is 0 Å². The Morgan fingerprint density at radius 1 is 1.10 bits per heavy atom. The highest BCUT2D eigenvalue weighted by Crippen LogP contribution is 2.14. The van der Waals surface area contributed by atoms with Crippen LogP contribution in [0, 0.1) is 6.92 Å². The van der Waals surface area contributed by atoms with Crippen molar-refractivity contribution in [2.45, 2.75) is 13.5 Å². The van der Waals surface area contributed by atoms with Crippen LogP contribution in [0.1, 0.15) is 20.1 Å². The average Bonchev–Trinajstić information content (AvgIpc) is 3.19. The summed E-state index contributed by atoms with van der Waals surface area (Å²) in [7, 11) is 0. The minimum Gasteiger partial charge on any atom is -0.454 e. The average molecular weight is 432 g/mol. The highest BCUT2D eigenvalue weighted by atomic mass is 32.1. The number of carbonyl (C=O) groups is 3. The van der Waals surface area contributed by atoms with Gasteiger partial charge in [0.25, 0.3) is 11.8 Å². The lowest BCUT2D eigenvalue weighted by Gasteiger charge is -2.26. The quantitative estimate of drug-likeness (QED) is 0.619. The van der Waals surface area contributed by atoms with E-state index in [1.165, 1.54) is 11.3 Å². The van der Waals surface area contributed by atoms with Crippen LogP contribution in [-0.4, -0.2) is 62.1 Å². The molecule has 0 atom stereocenters. The zero-order chi connectivity index (χ0) is 21.3. The van der Waals surface area contributed by atoms with Crippen molar-refractivity contribution in [3.8, 4) is 0 Å². The number of hydrogen-bond acceptors (Lipinski definition) is 7. The summed E-state index contributed by atoms with van der Waals surface area (Å²) < 4.78 is 10.3. The first-order valence-corrected chi connectivity index (χ1v) is 10.5. The Bertz CT molecular complexity index is 875. The number of nitrogens with one attached hydrogen (secondary N) is 2. The molecule has 160 valence electrons. The van der Waals surface area contributed by atoms with E-state index >= 15 is 0 Å². The zero-order valence-corrected chi connectivity index (χ0v) is 17.6. The number of benzene rings is 1. The SMILES string of the molecule is Cc1ccc(C(=O)NCC(=O)OCC(=O)Nc2ccc(CN3CCOCC3)cc2)s1. The lowest BCUT2D eigenvalue weighted by Crippen LogP contribution is -2.35. The second-order valence-corrected chi connectivity index (χ2v) is 8.18. The van der Waals surface area contributed by atoms with E-state index in [0.717, 1.165) is 43.3 Å². The number of anilines is 1. The van der Waals surface area contributed by atoms with Crippen LogP contribution < -0.4 is 10.6 Å². The molecule has 0 unspecified atom stereocenters. The summed E-state index contributed by atoms with van der Waals surface area (Å²) in [5, 5.41) is 5.16. The van der Waals surface area contributed by atoms with E-state index in [0.29, 0.717) is 10.6 Å². The topological polar surface area (TPSA) is 97.0 Å². The summed E-state index contributed by atoms with van der Waals surface area (Å²) in [5.74, 6) is -1.45. The van der Waals surface area contributed by atoms with Gasteiger partial charge in [-0.3, -0.25) is 19.3 Å². The second kappa shape index (κ2) is 10.9. The highest BCUT2D eigenvalue weighted by Gasteiger charge is 2.13. The summed E-state index contributed by atoms with van der Waals surface area (Å²) in [6.45, 7) is 5.36. The number of esters is 1. The molecule has 2 heterocycles. The van der Waals surface area contributed by atoms with Crippen LogP contribution in [0.4, 0.5) is 5.69 Å². The number of ether oxygens (including phenoxy) is 2. The minimum absolute atomic E-state index is 0.292. The number of rotatable bonds is 8. The molecule has 2 amide bonds. The number of aryl methyl sites for hydroxylation is 1. The van der Waals surface area contributed by atoms with Gasteiger partial charge in [-0.1, -0.05) is 12.1 Å². The molecule has 30 heavy (non-hydrogen) atoms. The van der Waals surface area contributed by atoms with Crippen molar-refractivity contribution in [1.82, 2.24) is 10.2 Å². The molecule has 1 aliphatic rings. The van der Waals surface area contributed by atoms with Crippen molar-refractivity contribution >= 4 is 34.8 Å². The van der Waals surface area contributed by atoms with Gasteiger partial charge >= 0.3 is 5.97 Å². The molecule has 0 saturated carbocycles. The van der Waals surface area contributed by atoms with Gasteiger partial charge in [-0.2, -0.15) is 0 Å². The van der Waals surface area contributed by atoms with Crippen molar-refractivity contribution in [1.29, 1.82) is 0 Å². The Morgan fingerprint density at radius 3 is 2.50 bits per heavy atom. The van der Waals surface area contributed by atoms with E-state index < -0.39 is 18.5 Å². The highest BCUT2D eigenvalue weighted by molar-refractivity contribution is 7.13. The van der Waals surface area contributed by atoms with Crippen LogP contribution in [0.25, 0.3) is 0 Å². The fraction of sp³-hybridized carbons (Fsp3) is 0.381. The first kappa shape index (κ1) is 21.9. The maximum Gasteiger partial charge on any atom is 0.325 e. The molecular formula is C21H25N3O5S.